The van der Waals surface area contributed by atoms with E-state index < -0.39 is 10.0 Å². The zero-order chi connectivity index (χ0) is 17.3. The van der Waals surface area contributed by atoms with Crippen LogP contribution in [0.3, 0.4) is 0 Å². The first-order chi connectivity index (χ1) is 11.4. The number of nitrogens with one attached hydrogen (secondary N) is 1. The minimum Gasteiger partial charge on any atom is -0.332 e. The monoisotopic (exact) mass is 447 g/mol. The molecular weight excluding hydrogens is 441 g/mol. The maximum Gasteiger partial charge on any atom is 0.277 e. The summed E-state index contributed by atoms with van der Waals surface area (Å²) in [6.07, 6.45) is 0. The normalized spacial score (nSPS) is 11.5. The molecule has 1 heterocycles. The largest absolute Gasteiger partial charge is 0.332 e. The van der Waals surface area contributed by atoms with Gasteiger partial charge in [-0.2, -0.15) is 4.98 Å². The molecule has 0 aliphatic rings. The third-order valence-electron chi connectivity index (χ3n) is 2.93. The standard InChI is InChI=1S/C14H8BrCl2N3O3S/c15-10-2-1-3-11(17)12(10)24(21,22)20-14-18-13(23-19-14)8-4-6-9(16)7-5-8/h1-7H,(H,19,20). The van der Waals surface area contributed by atoms with Crippen LogP contribution < -0.4 is 4.72 Å². The molecule has 0 unspecified atom stereocenters. The Kier molecular flexibility index (Phi) is 4.82. The van der Waals surface area contributed by atoms with Gasteiger partial charge in [-0.15, -0.1) is 0 Å². The lowest BCUT2D eigenvalue weighted by Crippen LogP contribution is -2.15. The number of aromatic nitrogens is 2. The molecule has 0 amide bonds. The second kappa shape index (κ2) is 6.72. The summed E-state index contributed by atoms with van der Waals surface area (Å²) >= 11 is 14.9. The van der Waals surface area contributed by atoms with Gasteiger partial charge in [-0.1, -0.05) is 29.3 Å². The van der Waals surface area contributed by atoms with Crippen LogP contribution in [-0.4, -0.2) is 18.6 Å². The van der Waals surface area contributed by atoms with Crippen LogP contribution in [0.1, 0.15) is 0 Å². The van der Waals surface area contributed by atoms with E-state index in [4.69, 9.17) is 27.7 Å². The third-order valence-corrected chi connectivity index (χ3v) is 5.96. The van der Waals surface area contributed by atoms with Gasteiger partial charge in [0.1, 0.15) is 4.90 Å². The highest BCUT2D eigenvalue weighted by Crippen LogP contribution is 2.30. The first-order valence-electron chi connectivity index (χ1n) is 6.43. The smallest absolute Gasteiger partial charge is 0.277 e. The summed E-state index contributed by atoms with van der Waals surface area (Å²) in [6, 6.07) is 11.3. The second-order valence-corrected chi connectivity index (χ2v) is 7.90. The van der Waals surface area contributed by atoms with E-state index in [-0.39, 0.29) is 21.8 Å². The molecule has 0 fully saturated rings. The third kappa shape index (κ3) is 3.56. The first-order valence-corrected chi connectivity index (χ1v) is 9.46. The van der Waals surface area contributed by atoms with Crippen LogP contribution in [0, 0.1) is 0 Å². The average molecular weight is 449 g/mol. The van der Waals surface area contributed by atoms with Gasteiger partial charge in [0, 0.05) is 15.1 Å². The molecule has 24 heavy (non-hydrogen) atoms. The van der Waals surface area contributed by atoms with Gasteiger partial charge in [-0.05, 0) is 57.5 Å². The average Bonchev–Trinajstić information content (AvgIpc) is 2.95. The van der Waals surface area contributed by atoms with Gasteiger partial charge in [0.2, 0.25) is 0 Å². The molecule has 2 aromatic carbocycles. The fourth-order valence-corrected chi connectivity index (χ4v) is 4.68. The van der Waals surface area contributed by atoms with Crippen LogP contribution in [0.4, 0.5) is 5.95 Å². The molecule has 124 valence electrons. The van der Waals surface area contributed by atoms with E-state index in [0.29, 0.717) is 15.1 Å². The van der Waals surface area contributed by atoms with Crippen molar-refractivity contribution in [2.24, 2.45) is 0 Å². The van der Waals surface area contributed by atoms with Crippen LogP contribution in [0.2, 0.25) is 10.0 Å². The van der Waals surface area contributed by atoms with E-state index in [0.717, 1.165) is 0 Å². The molecule has 0 bridgehead atoms. The number of hydrogen-bond donors (Lipinski definition) is 1. The molecule has 0 atom stereocenters. The highest BCUT2D eigenvalue weighted by molar-refractivity contribution is 9.10. The van der Waals surface area contributed by atoms with Crippen molar-refractivity contribution in [1.82, 2.24) is 10.1 Å². The fraction of sp³-hybridized carbons (Fsp3) is 0. The Hall–Kier alpha value is -1.61. The number of benzene rings is 2. The molecule has 0 saturated heterocycles. The van der Waals surface area contributed by atoms with Crippen LogP contribution >= 0.6 is 39.1 Å². The predicted octanol–water partition coefficient (Wildman–Crippen LogP) is 4.61. The van der Waals surface area contributed by atoms with Gasteiger partial charge in [0.15, 0.2) is 0 Å². The lowest BCUT2D eigenvalue weighted by Gasteiger charge is -2.07. The zero-order valence-electron chi connectivity index (χ0n) is 11.7. The van der Waals surface area contributed by atoms with Crippen LogP contribution in [0.15, 0.2) is 56.4 Å². The number of halogens is 3. The van der Waals surface area contributed by atoms with Crippen molar-refractivity contribution in [3.8, 4) is 11.5 Å². The van der Waals surface area contributed by atoms with E-state index in [1.807, 2.05) is 0 Å². The molecule has 0 aliphatic heterocycles. The van der Waals surface area contributed by atoms with Crippen molar-refractivity contribution in [2.75, 3.05) is 4.72 Å². The van der Waals surface area contributed by atoms with Crippen LogP contribution in [0.25, 0.3) is 11.5 Å². The fourth-order valence-electron chi connectivity index (χ4n) is 1.89. The minimum absolute atomic E-state index is 0.0679. The number of hydrogen-bond acceptors (Lipinski definition) is 5. The number of nitrogens with zero attached hydrogens (tertiary/aromatic N) is 2. The Morgan fingerprint density at radius 3 is 2.46 bits per heavy atom. The summed E-state index contributed by atoms with van der Waals surface area (Å²) in [6.45, 7) is 0. The number of sulfonamides is 1. The van der Waals surface area contributed by atoms with Crippen molar-refractivity contribution in [2.45, 2.75) is 4.90 Å². The molecule has 1 aromatic heterocycles. The Balaban J connectivity index is 1.90. The van der Waals surface area contributed by atoms with Crippen molar-refractivity contribution in [1.29, 1.82) is 0 Å². The van der Waals surface area contributed by atoms with Crippen molar-refractivity contribution in [3.05, 3.63) is 57.0 Å². The Morgan fingerprint density at radius 2 is 1.79 bits per heavy atom. The van der Waals surface area contributed by atoms with Crippen molar-refractivity contribution >= 4 is 55.1 Å². The quantitative estimate of drug-likeness (QED) is 0.629. The molecule has 0 spiro atoms. The Bertz CT molecular complexity index is 971. The van der Waals surface area contributed by atoms with E-state index in [2.05, 4.69) is 30.8 Å². The lowest BCUT2D eigenvalue weighted by molar-refractivity contribution is 0.433. The maximum absolute atomic E-state index is 12.5. The lowest BCUT2D eigenvalue weighted by atomic mass is 10.2. The summed E-state index contributed by atoms with van der Waals surface area (Å²) < 4.78 is 32.6. The van der Waals surface area contributed by atoms with Gasteiger partial charge < -0.3 is 4.52 Å². The summed E-state index contributed by atoms with van der Waals surface area (Å²) in [5.74, 6) is -0.0469. The van der Waals surface area contributed by atoms with Gasteiger partial charge in [0.05, 0.1) is 5.02 Å². The van der Waals surface area contributed by atoms with E-state index >= 15 is 0 Å². The van der Waals surface area contributed by atoms with E-state index in [1.54, 1.807) is 36.4 Å². The van der Waals surface area contributed by atoms with E-state index in [9.17, 15) is 8.42 Å². The predicted molar refractivity (Wildman–Crippen MR) is 94.7 cm³/mol. The van der Waals surface area contributed by atoms with E-state index in [1.165, 1.54) is 6.07 Å². The molecule has 3 rings (SSSR count). The Morgan fingerprint density at radius 1 is 1.08 bits per heavy atom. The van der Waals surface area contributed by atoms with Crippen LogP contribution in [0.5, 0.6) is 0 Å². The summed E-state index contributed by atoms with van der Waals surface area (Å²) in [4.78, 5) is 3.90. The van der Waals surface area contributed by atoms with Gasteiger partial charge in [0.25, 0.3) is 21.9 Å². The summed E-state index contributed by atoms with van der Waals surface area (Å²) in [5, 5.41) is 4.24. The summed E-state index contributed by atoms with van der Waals surface area (Å²) in [5.41, 5.74) is 0.608. The molecule has 0 radical (unpaired) electrons. The topological polar surface area (TPSA) is 85.1 Å². The molecule has 3 aromatic rings. The zero-order valence-corrected chi connectivity index (χ0v) is 15.6. The van der Waals surface area contributed by atoms with Gasteiger partial charge >= 0.3 is 0 Å². The molecule has 10 heteroatoms. The first kappa shape index (κ1) is 17.2. The number of anilines is 1. The highest BCUT2D eigenvalue weighted by atomic mass is 79.9. The van der Waals surface area contributed by atoms with Crippen LogP contribution in [-0.2, 0) is 10.0 Å². The molecule has 0 saturated carbocycles. The Labute approximate surface area is 156 Å². The van der Waals surface area contributed by atoms with Gasteiger partial charge in [-0.25, -0.2) is 13.1 Å². The summed E-state index contributed by atoms with van der Waals surface area (Å²) in [7, 11) is -3.99. The minimum atomic E-state index is -3.99. The SMILES string of the molecule is O=S(=O)(Nc1noc(-c2ccc(Cl)cc2)n1)c1c(Cl)cccc1Br. The number of rotatable bonds is 4. The maximum atomic E-state index is 12.5. The van der Waals surface area contributed by atoms with Crippen molar-refractivity contribution < 1.29 is 12.9 Å². The van der Waals surface area contributed by atoms with Gasteiger partial charge in [-0.3, -0.25) is 0 Å². The molecule has 0 aliphatic carbocycles. The molecular formula is C14H8BrCl2N3O3S. The molecule has 6 nitrogen and oxygen atoms in total. The van der Waals surface area contributed by atoms with Crippen molar-refractivity contribution in [3.63, 3.8) is 0 Å². The second-order valence-electron chi connectivity index (χ2n) is 4.59. The highest BCUT2D eigenvalue weighted by Gasteiger charge is 2.23. The molecule has 1 N–H and O–H groups in total.